The zero-order chi connectivity index (χ0) is 17.6. The van der Waals surface area contributed by atoms with Crippen molar-refractivity contribution < 1.29 is 26.8 Å². The molecule has 1 fully saturated rings. The van der Waals surface area contributed by atoms with Gasteiger partial charge in [0.25, 0.3) is 0 Å². The Kier molecular flexibility index (Phi) is 4.13. The maximum absolute atomic E-state index is 14.4. The van der Waals surface area contributed by atoms with Gasteiger partial charge in [-0.1, -0.05) is 0 Å². The van der Waals surface area contributed by atoms with E-state index in [9.17, 15) is 17.9 Å². The van der Waals surface area contributed by atoms with Gasteiger partial charge in [0.1, 0.15) is 24.4 Å². The monoisotopic (exact) mass is 362 g/mol. The van der Waals surface area contributed by atoms with E-state index in [1.54, 1.807) is 6.92 Å². The summed E-state index contributed by atoms with van der Waals surface area (Å²) in [6.45, 7) is 1.00. The minimum Gasteiger partial charge on any atom is -0.387 e. The lowest BCUT2D eigenvalue weighted by molar-refractivity contribution is -0.0453. The van der Waals surface area contributed by atoms with Crippen LogP contribution < -0.4 is 10.9 Å². The zero-order valence-corrected chi connectivity index (χ0v) is 13.2. The molecule has 1 aliphatic rings. The van der Waals surface area contributed by atoms with Crippen molar-refractivity contribution in [2.24, 2.45) is 5.14 Å². The van der Waals surface area contributed by atoms with Crippen molar-refractivity contribution in [2.45, 2.75) is 31.5 Å². The number of rotatable bonds is 4. The van der Waals surface area contributed by atoms with Crippen LogP contribution in [0.5, 0.6) is 0 Å². The van der Waals surface area contributed by atoms with E-state index in [0.717, 1.165) is 4.68 Å². The first kappa shape index (κ1) is 16.9. The molecule has 1 unspecified atom stereocenters. The third-order valence-corrected chi connectivity index (χ3v) is 4.09. The van der Waals surface area contributed by atoms with E-state index in [2.05, 4.69) is 19.2 Å². The largest absolute Gasteiger partial charge is 0.387 e. The van der Waals surface area contributed by atoms with Crippen LogP contribution in [0.25, 0.3) is 11.0 Å². The fourth-order valence-corrected chi connectivity index (χ4v) is 2.87. The normalized spacial score (nSPS) is 27.8. The minimum atomic E-state index is -4.24. The molecule has 3 heterocycles. The first-order valence-electron chi connectivity index (χ1n) is 6.79. The quantitative estimate of drug-likeness (QED) is 0.588. The first-order chi connectivity index (χ1) is 11.2. The number of alkyl halides is 1. The van der Waals surface area contributed by atoms with E-state index in [0.29, 0.717) is 11.1 Å². The first-order valence-corrected chi connectivity index (χ1v) is 8.26. The van der Waals surface area contributed by atoms with E-state index in [-0.39, 0.29) is 11.5 Å². The number of aromatic nitrogens is 4. The standard InChI is InChI=1S/C11H15FN6O5S/c1-4-6-9(13)15-3-16-10(6)18(17-4)11-7(12)8(19)5(23-11)2-22-24(14,20)21/h3,5,7-8,11,19H,2H2,1H3,(H2,13,15,16)(H2,14,20,21)/t5?,7-,8+,11+/m0/s1. The summed E-state index contributed by atoms with van der Waals surface area (Å²) < 4.78 is 46.9. The van der Waals surface area contributed by atoms with Crippen LogP contribution in [-0.4, -0.2) is 58.3 Å². The fourth-order valence-electron chi connectivity index (χ4n) is 2.55. The molecule has 13 heteroatoms. The van der Waals surface area contributed by atoms with Gasteiger partial charge in [-0.25, -0.2) is 24.2 Å². The number of nitrogens with two attached hydrogens (primary N) is 2. The molecule has 0 amide bonds. The summed E-state index contributed by atoms with van der Waals surface area (Å²) in [5.41, 5.74) is 6.45. The smallest absolute Gasteiger partial charge is 0.333 e. The second-order valence-corrected chi connectivity index (χ2v) is 6.49. The second kappa shape index (κ2) is 5.86. The molecule has 24 heavy (non-hydrogen) atoms. The highest BCUT2D eigenvalue weighted by Crippen LogP contribution is 2.34. The summed E-state index contributed by atoms with van der Waals surface area (Å²) in [6.07, 6.45) is -4.91. The molecule has 3 rings (SSSR count). The van der Waals surface area contributed by atoms with Gasteiger partial charge < -0.3 is 15.6 Å². The van der Waals surface area contributed by atoms with E-state index in [4.69, 9.17) is 15.6 Å². The van der Waals surface area contributed by atoms with E-state index < -0.39 is 41.5 Å². The molecule has 1 aliphatic heterocycles. The fraction of sp³-hybridized carbons (Fsp3) is 0.545. The maximum atomic E-state index is 14.4. The highest BCUT2D eigenvalue weighted by Gasteiger charge is 2.47. The summed E-state index contributed by atoms with van der Waals surface area (Å²) in [5, 5.41) is 19.2. The Balaban J connectivity index is 1.92. The zero-order valence-electron chi connectivity index (χ0n) is 12.4. The summed E-state index contributed by atoms with van der Waals surface area (Å²) >= 11 is 0. The number of halogens is 1. The molecular formula is C11H15FN6O5S. The number of fused-ring (bicyclic) bond motifs is 1. The number of nitrogen functional groups attached to an aromatic ring is 1. The van der Waals surface area contributed by atoms with Gasteiger partial charge in [-0.3, -0.25) is 4.18 Å². The molecule has 11 nitrogen and oxygen atoms in total. The minimum absolute atomic E-state index is 0.173. The van der Waals surface area contributed by atoms with Crippen molar-refractivity contribution >= 4 is 27.2 Å². The van der Waals surface area contributed by atoms with Crippen molar-refractivity contribution in [3.8, 4) is 0 Å². The van der Waals surface area contributed by atoms with Gasteiger partial charge in [-0.05, 0) is 6.92 Å². The van der Waals surface area contributed by atoms with Crippen LogP contribution in [0.3, 0.4) is 0 Å². The molecule has 0 aromatic carbocycles. The van der Waals surface area contributed by atoms with Gasteiger partial charge in [0.15, 0.2) is 18.0 Å². The number of ether oxygens (including phenoxy) is 1. The lowest BCUT2D eigenvalue weighted by Gasteiger charge is -2.14. The SMILES string of the molecule is Cc1nn([C@@H]2OC(COS(N)(=O)=O)[C@@H](O)[C@@H]2F)c2ncnc(N)c12. The summed E-state index contributed by atoms with van der Waals surface area (Å²) in [7, 11) is -4.24. The van der Waals surface area contributed by atoms with E-state index >= 15 is 0 Å². The van der Waals surface area contributed by atoms with E-state index in [1.165, 1.54) is 6.33 Å². The van der Waals surface area contributed by atoms with Gasteiger partial charge >= 0.3 is 10.3 Å². The van der Waals surface area contributed by atoms with Crippen molar-refractivity contribution in [1.29, 1.82) is 0 Å². The molecule has 0 radical (unpaired) electrons. The number of hydrogen-bond donors (Lipinski definition) is 3. The second-order valence-electron chi connectivity index (χ2n) is 5.26. The Bertz CT molecular complexity index is 873. The number of nitrogens with zero attached hydrogens (tertiary/aromatic N) is 4. The Hall–Kier alpha value is -1.93. The number of hydrogen-bond acceptors (Lipinski definition) is 9. The molecule has 0 spiro atoms. The van der Waals surface area contributed by atoms with Crippen LogP contribution >= 0.6 is 0 Å². The predicted octanol–water partition coefficient (Wildman–Crippen LogP) is -1.47. The van der Waals surface area contributed by atoms with Crippen LogP contribution in [-0.2, 0) is 19.2 Å². The Morgan fingerprint density at radius 1 is 1.50 bits per heavy atom. The number of anilines is 1. The average molecular weight is 362 g/mol. The van der Waals surface area contributed by atoms with Crippen LogP contribution in [0, 0.1) is 6.92 Å². The lowest BCUT2D eigenvalue weighted by atomic mass is 10.1. The molecule has 5 N–H and O–H groups in total. The van der Waals surface area contributed by atoms with Crippen LogP contribution in [0.1, 0.15) is 11.9 Å². The molecule has 1 saturated heterocycles. The third-order valence-electron chi connectivity index (χ3n) is 3.62. The van der Waals surface area contributed by atoms with Crippen LogP contribution in [0.2, 0.25) is 0 Å². The van der Waals surface area contributed by atoms with Crippen molar-refractivity contribution in [3.63, 3.8) is 0 Å². The summed E-state index contributed by atoms with van der Waals surface area (Å²) in [5.74, 6) is 0.173. The number of aliphatic hydroxyl groups excluding tert-OH is 1. The predicted molar refractivity (Wildman–Crippen MR) is 78.3 cm³/mol. The number of aliphatic hydroxyl groups is 1. The summed E-state index contributed by atoms with van der Waals surface area (Å²) in [6, 6.07) is 0. The molecule has 0 aliphatic carbocycles. The highest BCUT2D eigenvalue weighted by atomic mass is 32.2. The lowest BCUT2D eigenvalue weighted by Crippen LogP contribution is -2.33. The van der Waals surface area contributed by atoms with E-state index in [1.807, 2.05) is 0 Å². The molecule has 0 bridgehead atoms. The Morgan fingerprint density at radius 3 is 2.88 bits per heavy atom. The topological polar surface area (TPSA) is 168 Å². The molecule has 2 aromatic rings. The van der Waals surface area contributed by atoms with Crippen molar-refractivity contribution in [1.82, 2.24) is 19.7 Å². The summed E-state index contributed by atoms with van der Waals surface area (Å²) in [4.78, 5) is 7.85. The van der Waals surface area contributed by atoms with Crippen LogP contribution in [0.15, 0.2) is 6.33 Å². The molecule has 132 valence electrons. The molecule has 4 atom stereocenters. The van der Waals surface area contributed by atoms with Crippen molar-refractivity contribution in [2.75, 3.05) is 12.3 Å². The average Bonchev–Trinajstić information content (AvgIpc) is 2.96. The Morgan fingerprint density at radius 2 is 2.21 bits per heavy atom. The van der Waals surface area contributed by atoms with Gasteiger partial charge in [-0.15, -0.1) is 0 Å². The maximum Gasteiger partial charge on any atom is 0.333 e. The van der Waals surface area contributed by atoms with Crippen LogP contribution in [0.4, 0.5) is 10.2 Å². The Labute approximate surface area is 135 Å². The van der Waals surface area contributed by atoms with Gasteiger partial charge in [0, 0.05) is 0 Å². The molecule has 0 saturated carbocycles. The third kappa shape index (κ3) is 2.91. The van der Waals surface area contributed by atoms with Gasteiger partial charge in [0.2, 0.25) is 0 Å². The molecule has 2 aromatic heterocycles. The highest BCUT2D eigenvalue weighted by molar-refractivity contribution is 7.84. The van der Waals surface area contributed by atoms with Gasteiger partial charge in [0.05, 0.1) is 17.7 Å². The van der Waals surface area contributed by atoms with Crippen molar-refractivity contribution in [3.05, 3.63) is 12.0 Å². The number of aryl methyl sites for hydroxylation is 1. The van der Waals surface area contributed by atoms with Gasteiger partial charge in [-0.2, -0.15) is 13.5 Å². The molecular weight excluding hydrogens is 347 g/mol.